The number of carbonyl (C=O) groups excluding carboxylic acids is 1. The smallest absolute Gasteiger partial charge is 0.170 e. The Labute approximate surface area is 233 Å². The van der Waals surface area contributed by atoms with Crippen molar-refractivity contribution >= 4 is 11.5 Å². The minimum absolute atomic E-state index is 0.0394. The van der Waals surface area contributed by atoms with E-state index in [2.05, 4.69) is 48.0 Å². The SMILES string of the molecule is C=C(C)C(C(=O)c1ccc(NC2CCCC(CC3CCCCC3)CC2)cc1)C1CCN(C2CCCC2)CC1. The number of nitrogens with zero attached hydrogens (tertiary/aromatic N) is 1. The first-order valence-corrected chi connectivity index (χ1v) is 16.4. The van der Waals surface area contributed by atoms with E-state index in [-0.39, 0.29) is 11.7 Å². The Morgan fingerprint density at radius 2 is 1.45 bits per heavy atom. The van der Waals surface area contributed by atoms with Crippen molar-refractivity contribution in [2.75, 3.05) is 18.4 Å². The van der Waals surface area contributed by atoms with Gasteiger partial charge in [-0.2, -0.15) is 0 Å². The van der Waals surface area contributed by atoms with Crippen molar-refractivity contribution in [1.29, 1.82) is 0 Å². The Hall–Kier alpha value is -1.61. The number of ketones is 1. The molecule has 1 N–H and O–H groups in total. The Balaban J connectivity index is 1.12. The predicted octanol–water partition coefficient (Wildman–Crippen LogP) is 9.05. The van der Waals surface area contributed by atoms with Crippen LogP contribution in [0.3, 0.4) is 0 Å². The van der Waals surface area contributed by atoms with E-state index in [0.717, 1.165) is 54.9 Å². The number of carbonyl (C=O) groups is 1. The molecule has 4 fully saturated rings. The molecule has 1 heterocycles. The van der Waals surface area contributed by atoms with Crippen LogP contribution in [0.15, 0.2) is 36.4 Å². The zero-order chi connectivity index (χ0) is 26.3. The maximum atomic E-state index is 13.7. The zero-order valence-corrected chi connectivity index (χ0v) is 24.3. The second kappa shape index (κ2) is 13.6. The van der Waals surface area contributed by atoms with Gasteiger partial charge in [-0.05, 0) is 113 Å². The molecule has 1 aliphatic heterocycles. The third kappa shape index (κ3) is 7.32. The predicted molar refractivity (Wildman–Crippen MR) is 161 cm³/mol. The van der Waals surface area contributed by atoms with Crippen LogP contribution in [0, 0.1) is 23.7 Å². The van der Waals surface area contributed by atoms with Gasteiger partial charge in [-0.15, -0.1) is 0 Å². The molecule has 1 saturated heterocycles. The minimum atomic E-state index is -0.0394. The van der Waals surface area contributed by atoms with Gasteiger partial charge in [0, 0.05) is 29.3 Å². The second-order valence-corrected chi connectivity index (χ2v) is 13.5. The summed E-state index contributed by atoms with van der Waals surface area (Å²) in [5.41, 5.74) is 3.07. The molecule has 0 bridgehead atoms. The number of allylic oxidation sites excluding steroid dienone is 1. The van der Waals surface area contributed by atoms with Gasteiger partial charge in [0.05, 0.1) is 0 Å². The first kappa shape index (κ1) is 27.9. The summed E-state index contributed by atoms with van der Waals surface area (Å²) >= 11 is 0. The maximum Gasteiger partial charge on any atom is 0.170 e. The molecule has 3 aliphatic carbocycles. The van der Waals surface area contributed by atoms with E-state index in [4.69, 9.17) is 0 Å². The fraction of sp³-hybridized carbons (Fsp3) is 0.743. The van der Waals surface area contributed by atoms with Crippen LogP contribution in [0.2, 0.25) is 0 Å². The summed E-state index contributed by atoms with van der Waals surface area (Å²) in [4.78, 5) is 16.4. The largest absolute Gasteiger partial charge is 0.382 e. The van der Waals surface area contributed by atoms with Gasteiger partial charge in [-0.3, -0.25) is 4.79 Å². The van der Waals surface area contributed by atoms with E-state index >= 15 is 0 Å². The normalized spacial score (nSPS) is 27.6. The quantitative estimate of drug-likeness (QED) is 0.201. The molecule has 38 heavy (non-hydrogen) atoms. The van der Waals surface area contributed by atoms with Gasteiger partial charge in [0.25, 0.3) is 0 Å². The third-order valence-electron chi connectivity index (χ3n) is 10.7. The molecule has 210 valence electrons. The first-order chi connectivity index (χ1) is 18.6. The van der Waals surface area contributed by atoms with Crippen molar-refractivity contribution in [3.05, 3.63) is 42.0 Å². The van der Waals surface area contributed by atoms with Crippen LogP contribution in [0.25, 0.3) is 0 Å². The number of hydrogen-bond donors (Lipinski definition) is 1. The molecule has 0 radical (unpaired) electrons. The van der Waals surface area contributed by atoms with E-state index in [1.807, 2.05) is 0 Å². The number of piperidine rings is 1. The second-order valence-electron chi connectivity index (χ2n) is 13.5. The van der Waals surface area contributed by atoms with Crippen molar-refractivity contribution in [1.82, 2.24) is 4.90 Å². The average molecular weight is 519 g/mol. The number of benzene rings is 1. The summed E-state index contributed by atoms with van der Waals surface area (Å²) in [6, 6.07) is 9.80. The zero-order valence-electron chi connectivity index (χ0n) is 24.3. The molecule has 5 rings (SSSR count). The van der Waals surface area contributed by atoms with Gasteiger partial charge >= 0.3 is 0 Å². The summed E-state index contributed by atoms with van der Waals surface area (Å²) in [6.07, 6.45) is 23.3. The van der Waals surface area contributed by atoms with Crippen LogP contribution in [-0.2, 0) is 0 Å². The van der Waals surface area contributed by atoms with Crippen molar-refractivity contribution in [2.45, 2.75) is 128 Å². The molecule has 3 saturated carbocycles. The molecular formula is C35H54N2O. The lowest BCUT2D eigenvalue weighted by atomic mass is 9.76. The highest BCUT2D eigenvalue weighted by Crippen LogP contribution is 2.37. The Morgan fingerprint density at radius 3 is 2.13 bits per heavy atom. The van der Waals surface area contributed by atoms with Gasteiger partial charge in [-0.1, -0.05) is 69.9 Å². The van der Waals surface area contributed by atoms with E-state index in [0.29, 0.717) is 12.0 Å². The fourth-order valence-corrected chi connectivity index (χ4v) is 8.53. The van der Waals surface area contributed by atoms with Crippen molar-refractivity contribution < 1.29 is 4.79 Å². The van der Waals surface area contributed by atoms with Crippen LogP contribution >= 0.6 is 0 Å². The molecule has 3 atom stereocenters. The lowest BCUT2D eigenvalue weighted by Crippen LogP contribution is -2.42. The number of anilines is 1. The lowest BCUT2D eigenvalue weighted by Gasteiger charge is -2.38. The Kier molecular flexibility index (Phi) is 10.0. The summed E-state index contributed by atoms with van der Waals surface area (Å²) < 4.78 is 0. The fourth-order valence-electron chi connectivity index (χ4n) is 8.53. The highest BCUT2D eigenvalue weighted by molar-refractivity contribution is 5.99. The summed E-state index contributed by atoms with van der Waals surface area (Å²) in [7, 11) is 0. The number of Topliss-reactive ketones (excluding diaryl/α,β-unsaturated/α-hetero) is 1. The van der Waals surface area contributed by atoms with Crippen LogP contribution < -0.4 is 5.32 Å². The standard InChI is InChI=1S/C35H54N2O/c1-26(2)34(29-21-23-37(24-22-29)33-13-6-7-14-33)35(38)30-16-19-32(20-17-30)36-31-12-8-11-28(15-18-31)25-27-9-4-3-5-10-27/h16-17,19-20,27-29,31,33-34,36H,1,3-15,18,21-25H2,2H3. The van der Waals surface area contributed by atoms with Gasteiger partial charge in [0.2, 0.25) is 0 Å². The number of nitrogens with one attached hydrogen (secondary N) is 1. The Morgan fingerprint density at radius 1 is 0.816 bits per heavy atom. The van der Waals surface area contributed by atoms with Gasteiger partial charge in [0.1, 0.15) is 0 Å². The molecule has 3 unspecified atom stereocenters. The minimum Gasteiger partial charge on any atom is -0.382 e. The molecular weight excluding hydrogens is 464 g/mol. The first-order valence-electron chi connectivity index (χ1n) is 16.4. The van der Waals surface area contributed by atoms with E-state index < -0.39 is 0 Å². The average Bonchev–Trinajstić information content (AvgIpc) is 3.39. The third-order valence-corrected chi connectivity index (χ3v) is 10.7. The van der Waals surface area contributed by atoms with Gasteiger partial charge in [0.15, 0.2) is 5.78 Å². The molecule has 0 spiro atoms. The topological polar surface area (TPSA) is 32.3 Å². The van der Waals surface area contributed by atoms with Crippen LogP contribution in [0.4, 0.5) is 5.69 Å². The molecule has 4 aliphatic rings. The van der Waals surface area contributed by atoms with Gasteiger partial charge in [-0.25, -0.2) is 0 Å². The highest BCUT2D eigenvalue weighted by Gasteiger charge is 2.34. The van der Waals surface area contributed by atoms with Gasteiger partial charge < -0.3 is 10.2 Å². The van der Waals surface area contributed by atoms with E-state index in [9.17, 15) is 4.79 Å². The lowest BCUT2D eigenvalue weighted by molar-refractivity contribution is 0.0797. The van der Waals surface area contributed by atoms with Crippen molar-refractivity contribution in [3.8, 4) is 0 Å². The summed E-state index contributed by atoms with van der Waals surface area (Å²) in [5.74, 6) is 2.62. The molecule has 3 heteroatoms. The maximum absolute atomic E-state index is 13.7. The van der Waals surface area contributed by atoms with E-state index in [1.54, 1.807) is 0 Å². The molecule has 0 amide bonds. The molecule has 0 aromatic heterocycles. The molecule has 3 nitrogen and oxygen atoms in total. The summed E-state index contributed by atoms with van der Waals surface area (Å²) in [5, 5.41) is 3.82. The monoisotopic (exact) mass is 518 g/mol. The molecule has 1 aromatic carbocycles. The number of rotatable bonds is 9. The Bertz CT molecular complexity index is 887. The molecule has 1 aromatic rings. The van der Waals surface area contributed by atoms with Crippen LogP contribution in [-0.4, -0.2) is 35.9 Å². The number of hydrogen-bond acceptors (Lipinski definition) is 3. The summed E-state index contributed by atoms with van der Waals surface area (Å²) in [6.45, 7) is 8.64. The number of likely N-dealkylation sites (tertiary alicyclic amines) is 1. The van der Waals surface area contributed by atoms with Crippen molar-refractivity contribution in [3.63, 3.8) is 0 Å². The van der Waals surface area contributed by atoms with E-state index in [1.165, 1.54) is 102 Å². The highest BCUT2D eigenvalue weighted by atomic mass is 16.1. The van der Waals surface area contributed by atoms with Crippen LogP contribution in [0.1, 0.15) is 126 Å². The van der Waals surface area contributed by atoms with Crippen LogP contribution in [0.5, 0.6) is 0 Å². The van der Waals surface area contributed by atoms with Crippen molar-refractivity contribution in [2.24, 2.45) is 23.7 Å².